The topological polar surface area (TPSA) is 75.2 Å². The van der Waals surface area contributed by atoms with Crippen molar-refractivity contribution in [1.82, 2.24) is 9.97 Å². The van der Waals surface area contributed by atoms with Crippen LogP contribution in [-0.4, -0.2) is 22.3 Å². The van der Waals surface area contributed by atoms with Gasteiger partial charge in [0.25, 0.3) is 0 Å². The fraction of sp³-hybridized carbons (Fsp3) is 0.200. The van der Waals surface area contributed by atoms with Crippen LogP contribution < -0.4 is 0 Å². The third-order valence-electron chi connectivity index (χ3n) is 5.19. The molecule has 0 bridgehead atoms. The van der Waals surface area contributed by atoms with Gasteiger partial charge in [-0.25, -0.2) is 4.98 Å². The Morgan fingerprint density at radius 1 is 0.531 bits per heavy atom. The van der Waals surface area contributed by atoms with E-state index in [0.717, 1.165) is 0 Å². The lowest BCUT2D eigenvalue weighted by atomic mass is 10.00. The van der Waals surface area contributed by atoms with E-state index in [4.69, 9.17) is 0 Å². The largest absolute Gasteiger partial charge is 0.442 e. The lowest BCUT2D eigenvalue weighted by Gasteiger charge is -2.15. The first-order valence-electron chi connectivity index (χ1n) is 9.11. The van der Waals surface area contributed by atoms with Gasteiger partial charge in [-0.1, -0.05) is 48.5 Å². The number of halogens is 6. The van der Waals surface area contributed by atoms with Crippen molar-refractivity contribution in [3.63, 3.8) is 0 Å². The SMILES string of the molecule is FC(F)(F)C1(c2ccc(-c3cncc(-c4ccc(C5(C(F)(F)F)N=N5)cc4)n3)cc2)N=N1. The van der Waals surface area contributed by atoms with Crippen LogP contribution in [-0.2, 0) is 11.3 Å². The van der Waals surface area contributed by atoms with Gasteiger partial charge in [0.2, 0.25) is 0 Å². The van der Waals surface area contributed by atoms with Gasteiger partial charge in [0.15, 0.2) is 0 Å². The minimum absolute atomic E-state index is 0.108. The van der Waals surface area contributed by atoms with Crippen LogP contribution in [0.3, 0.4) is 0 Å². The number of hydrogen-bond acceptors (Lipinski definition) is 6. The quantitative estimate of drug-likeness (QED) is 0.448. The Labute approximate surface area is 175 Å². The maximum atomic E-state index is 13.1. The highest BCUT2D eigenvalue weighted by Crippen LogP contribution is 2.53. The van der Waals surface area contributed by atoms with E-state index >= 15 is 0 Å². The molecule has 2 aliphatic heterocycles. The predicted octanol–water partition coefficient (Wildman–Crippen LogP) is 6.17. The molecule has 1 aromatic heterocycles. The van der Waals surface area contributed by atoms with E-state index in [-0.39, 0.29) is 11.1 Å². The first-order valence-corrected chi connectivity index (χ1v) is 9.11. The van der Waals surface area contributed by atoms with E-state index in [1.54, 1.807) is 0 Å². The van der Waals surface area contributed by atoms with Gasteiger partial charge in [-0.05, 0) is 0 Å². The minimum atomic E-state index is -4.62. The van der Waals surface area contributed by atoms with E-state index in [1.807, 2.05) is 0 Å². The third kappa shape index (κ3) is 3.05. The summed E-state index contributed by atoms with van der Waals surface area (Å²) >= 11 is 0. The molecule has 5 rings (SSSR count). The molecule has 0 saturated carbocycles. The van der Waals surface area contributed by atoms with Crippen LogP contribution in [0.25, 0.3) is 22.5 Å². The van der Waals surface area contributed by atoms with E-state index in [2.05, 4.69) is 30.4 Å². The fourth-order valence-corrected chi connectivity index (χ4v) is 3.28. The normalized spacial score (nSPS) is 17.9. The van der Waals surface area contributed by atoms with Crippen molar-refractivity contribution in [2.24, 2.45) is 20.5 Å². The van der Waals surface area contributed by atoms with Gasteiger partial charge >= 0.3 is 23.7 Å². The molecule has 0 saturated heterocycles. The van der Waals surface area contributed by atoms with E-state index in [1.165, 1.54) is 60.9 Å². The summed E-state index contributed by atoms with van der Waals surface area (Å²) < 4.78 is 78.8. The molecule has 0 spiro atoms. The summed E-state index contributed by atoms with van der Waals surface area (Å²) in [4.78, 5) is 8.51. The average Bonchev–Trinajstić information content (AvgIpc) is 3.66. The molecule has 0 unspecified atom stereocenters. The van der Waals surface area contributed by atoms with Crippen molar-refractivity contribution in [3.8, 4) is 22.5 Å². The molecule has 3 heterocycles. The van der Waals surface area contributed by atoms with Crippen LogP contribution in [0.1, 0.15) is 11.1 Å². The maximum Gasteiger partial charge on any atom is 0.442 e. The molecular weight excluding hydrogens is 438 g/mol. The van der Waals surface area contributed by atoms with Crippen molar-refractivity contribution in [2.45, 2.75) is 23.7 Å². The van der Waals surface area contributed by atoms with Gasteiger partial charge in [0.05, 0.1) is 23.8 Å². The predicted molar refractivity (Wildman–Crippen MR) is 98.1 cm³/mol. The van der Waals surface area contributed by atoms with Crippen molar-refractivity contribution in [3.05, 3.63) is 72.1 Å². The zero-order valence-corrected chi connectivity index (χ0v) is 15.7. The van der Waals surface area contributed by atoms with Crippen molar-refractivity contribution in [2.75, 3.05) is 0 Å². The van der Waals surface area contributed by atoms with Gasteiger partial charge in [-0.3, -0.25) is 4.98 Å². The number of hydrogen-bond donors (Lipinski definition) is 0. The summed E-state index contributed by atoms with van der Waals surface area (Å²) in [6.45, 7) is 0. The second-order valence-corrected chi connectivity index (χ2v) is 7.18. The highest BCUT2D eigenvalue weighted by molar-refractivity contribution is 5.65. The van der Waals surface area contributed by atoms with Crippen molar-refractivity contribution in [1.29, 1.82) is 0 Å². The van der Waals surface area contributed by atoms with Crippen LogP contribution in [0.2, 0.25) is 0 Å². The smallest absolute Gasteiger partial charge is 0.260 e. The van der Waals surface area contributed by atoms with Gasteiger partial charge in [-0.15, -0.1) is 20.5 Å². The van der Waals surface area contributed by atoms with Crippen LogP contribution in [0.4, 0.5) is 26.3 Å². The summed E-state index contributed by atoms with van der Waals surface area (Å²) in [5.41, 5.74) is -3.46. The van der Waals surface area contributed by atoms with E-state index in [9.17, 15) is 26.3 Å². The van der Waals surface area contributed by atoms with Crippen LogP contribution in [0.15, 0.2) is 81.4 Å². The lowest BCUT2D eigenvalue weighted by molar-refractivity contribution is -0.166. The molecule has 0 fully saturated rings. The molecule has 162 valence electrons. The molecular formula is C20H10F6N6. The molecule has 2 aliphatic rings. The molecule has 0 aliphatic carbocycles. The average molecular weight is 448 g/mol. The van der Waals surface area contributed by atoms with Gasteiger partial charge in [-0.2, -0.15) is 26.3 Å². The van der Waals surface area contributed by atoms with Crippen LogP contribution in [0.5, 0.6) is 0 Å². The summed E-state index contributed by atoms with van der Waals surface area (Å²) in [6.07, 6.45) is -6.38. The molecule has 0 radical (unpaired) electrons. The monoisotopic (exact) mass is 448 g/mol. The number of benzene rings is 2. The zero-order valence-electron chi connectivity index (χ0n) is 15.7. The molecule has 2 aromatic carbocycles. The fourth-order valence-electron chi connectivity index (χ4n) is 3.28. The third-order valence-corrected chi connectivity index (χ3v) is 5.19. The van der Waals surface area contributed by atoms with Gasteiger partial charge in [0, 0.05) is 22.3 Å². The number of nitrogens with zero attached hydrogens (tertiary/aromatic N) is 6. The molecule has 0 amide bonds. The maximum absolute atomic E-state index is 13.1. The Morgan fingerprint density at radius 3 is 1.16 bits per heavy atom. The summed E-state index contributed by atoms with van der Waals surface area (Å²) in [6, 6.07) is 10.9. The van der Waals surface area contributed by atoms with E-state index in [0.29, 0.717) is 22.5 Å². The number of aromatic nitrogens is 2. The number of rotatable bonds is 4. The highest BCUT2D eigenvalue weighted by Gasteiger charge is 2.65. The van der Waals surface area contributed by atoms with Gasteiger partial charge in [0.1, 0.15) is 0 Å². The van der Waals surface area contributed by atoms with Crippen molar-refractivity contribution < 1.29 is 26.3 Å². The molecule has 12 heteroatoms. The second kappa shape index (κ2) is 6.40. The van der Waals surface area contributed by atoms with E-state index < -0.39 is 23.7 Å². The first-order chi connectivity index (χ1) is 15.1. The Morgan fingerprint density at radius 2 is 0.875 bits per heavy atom. The highest BCUT2D eigenvalue weighted by atomic mass is 19.4. The Hall–Kier alpha value is -3.70. The lowest BCUT2D eigenvalue weighted by Crippen LogP contribution is -2.29. The molecule has 3 aromatic rings. The van der Waals surface area contributed by atoms with Crippen molar-refractivity contribution >= 4 is 0 Å². The van der Waals surface area contributed by atoms with Crippen LogP contribution >= 0.6 is 0 Å². The Bertz CT molecular complexity index is 1140. The summed E-state index contributed by atoms with van der Waals surface area (Å²) in [7, 11) is 0. The minimum Gasteiger partial charge on any atom is -0.260 e. The zero-order chi connectivity index (χ0) is 22.8. The second-order valence-electron chi connectivity index (χ2n) is 7.18. The summed E-state index contributed by atoms with van der Waals surface area (Å²) in [5, 5.41) is 12.7. The molecule has 32 heavy (non-hydrogen) atoms. The summed E-state index contributed by atoms with van der Waals surface area (Å²) in [5.74, 6) is 0. The molecule has 0 atom stereocenters. The molecule has 6 nitrogen and oxygen atoms in total. The Balaban J connectivity index is 1.40. The standard InChI is InChI=1S/C20H10F6N6/c21-19(22,23)17(29-30-17)13-5-1-11(2-6-13)15-9-27-10-16(28-15)12-3-7-14(8-4-12)18(31-32-18)20(24,25)26/h1-10H. The Kier molecular flexibility index (Phi) is 4.05. The van der Waals surface area contributed by atoms with Crippen LogP contribution in [0, 0.1) is 0 Å². The first kappa shape index (κ1) is 20.2. The molecule has 0 N–H and O–H groups in total. The number of alkyl halides is 6. The van der Waals surface area contributed by atoms with Gasteiger partial charge < -0.3 is 0 Å².